The summed E-state index contributed by atoms with van der Waals surface area (Å²) in [5.41, 5.74) is 4.21. The van der Waals surface area contributed by atoms with E-state index in [9.17, 15) is 0 Å². The van der Waals surface area contributed by atoms with E-state index in [4.69, 9.17) is 18.6 Å². The predicted octanol–water partition coefficient (Wildman–Crippen LogP) is 5.31. The SMILES string of the molecule is CC(C)OCCNc1ccc(-c2nc3cc(Br)cc(C4(C)OCCO4)c3o2)cc1. The molecule has 154 valence electrons. The van der Waals surface area contributed by atoms with Gasteiger partial charge in [-0.05, 0) is 57.2 Å². The first-order chi connectivity index (χ1) is 13.9. The van der Waals surface area contributed by atoms with E-state index in [-0.39, 0.29) is 6.10 Å². The number of halogens is 1. The molecule has 1 fully saturated rings. The number of nitrogens with one attached hydrogen (secondary N) is 1. The topological polar surface area (TPSA) is 65.8 Å². The van der Waals surface area contributed by atoms with Crippen molar-refractivity contribution in [1.29, 1.82) is 0 Å². The number of hydrogen-bond acceptors (Lipinski definition) is 6. The molecule has 1 aromatic heterocycles. The third-order valence-electron chi connectivity index (χ3n) is 4.80. The molecule has 1 aliphatic heterocycles. The van der Waals surface area contributed by atoms with Crippen LogP contribution in [0.1, 0.15) is 26.3 Å². The minimum Gasteiger partial charge on any atom is -0.436 e. The van der Waals surface area contributed by atoms with Crippen LogP contribution in [0.2, 0.25) is 0 Å². The molecular weight excluding hydrogens is 436 g/mol. The number of benzene rings is 2. The number of fused-ring (bicyclic) bond motifs is 1. The van der Waals surface area contributed by atoms with Gasteiger partial charge in [0.05, 0.1) is 31.5 Å². The largest absolute Gasteiger partial charge is 0.436 e. The molecule has 0 amide bonds. The normalized spacial score (nSPS) is 16.0. The summed E-state index contributed by atoms with van der Waals surface area (Å²) >= 11 is 3.56. The van der Waals surface area contributed by atoms with E-state index < -0.39 is 5.79 Å². The van der Waals surface area contributed by atoms with Crippen LogP contribution in [0.15, 0.2) is 45.3 Å². The van der Waals surface area contributed by atoms with Crippen molar-refractivity contribution in [2.75, 3.05) is 31.7 Å². The Hall–Kier alpha value is -1.93. The van der Waals surface area contributed by atoms with Crippen molar-refractivity contribution in [1.82, 2.24) is 4.98 Å². The van der Waals surface area contributed by atoms with E-state index >= 15 is 0 Å². The van der Waals surface area contributed by atoms with Crippen LogP contribution >= 0.6 is 15.9 Å². The Morgan fingerprint density at radius 2 is 1.90 bits per heavy atom. The Bertz CT molecular complexity index is 978. The number of aromatic nitrogens is 1. The van der Waals surface area contributed by atoms with Gasteiger partial charge in [0.25, 0.3) is 0 Å². The highest BCUT2D eigenvalue weighted by Crippen LogP contribution is 2.39. The lowest BCUT2D eigenvalue weighted by Gasteiger charge is -2.22. The van der Waals surface area contributed by atoms with Crippen molar-refractivity contribution < 1.29 is 18.6 Å². The summed E-state index contributed by atoms with van der Waals surface area (Å²) in [5.74, 6) is -0.263. The first-order valence-corrected chi connectivity index (χ1v) is 10.6. The van der Waals surface area contributed by atoms with Gasteiger partial charge in [-0.3, -0.25) is 0 Å². The van der Waals surface area contributed by atoms with Gasteiger partial charge in [-0.1, -0.05) is 15.9 Å². The number of ether oxygens (including phenoxy) is 3. The van der Waals surface area contributed by atoms with Crippen molar-refractivity contribution in [3.05, 3.63) is 46.4 Å². The first-order valence-electron chi connectivity index (χ1n) is 9.79. The Balaban J connectivity index is 1.57. The fourth-order valence-corrected chi connectivity index (χ4v) is 3.80. The molecule has 1 aliphatic rings. The fourth-order valence-electron chi connectivity index (χ4n) is 3.35. The lowest BCUT2D eigenvalue weighted by Crippen LogP contribution is -2.22. The lowest BCUT2D eigenvalue weighted by molar-refractivity contribution is -0.149. The highest BCUT2D eigenvalue weighted by Gasteiger charge is 2.36. The molecule has 6 nitrogen and oxygen atoms in total. The average molecular weight is 461 g/mol. The number of oxazole rings is 1. The second-order valence-electron chi connectivity index (χ2n) is 7.39. The summed E-state index contributed by atoms with van der Waals surface area (Å²) in [6, 6.07) is 11.9. The zero-order chi connectivity index (χ0) is 20.4. The molecule has 7 heteroatoms. The van der Waals surface area contributed by atoms with Crippen molar-refractivity contribution in [2.45, 2.75) is 32.7 Å². The van der Waals surface area contributed by atoms with Crippen LogP contribution in [0.25, 0.3) is 22.6 Å². The van der Waals surface area contributed by atoms with Crippen molar-refractivity contribution in [3.8, 4) is 11.5 Å². The molecule has 0 bridgehead atoms. The summed E-state index contributed by atoms with van der Waals surface area (Å²) in [4.78, 5) is 4.68. The van der Waals surface area contributed by atoms with Crippen molar-refractivity contribution in [2.24, 2.45) is 0 Å². The van der Waals surface area contributed by atoms with Crippen LogP contribution in [-0.2, 0) is 20.0 Å². The molecule has 0 spiro atoms. The number of hydrogen-bond donors (Lipinski definition) is 1. The Labute approximate surface area is 178 Å². The van der Waals surface area contributed by atoms with E-state index in [0.29, 0.717) is 31.3 Å². The monoisotopic (exact) mass is 460 g/mol. The molecule has 1 saturated heterocycles. The minimum absolute atomic E-state index is 0.241. The first kappa shape index (κ1) is 20.3. The van der Waals surface area contributed by atoms with Crippen LogP contribution in [0.5, 0.6) is 0 Å². The number of rotatable bonds is 7. The van der Waals surface area contributed by atoms with Crippen LogP contribution in [-0.4, -0.2) is 37.5 Å². The second-order valence-corrected chi connectivity index (χ2v) is 8.30. The van der Waals surface area contributed by atoms with Gasteiger partial charge < -0.3 is 23.9 Å². The van der Waals surface area contributed by atoms with Crippen LogP contribution in [0.3, 0.4) is 0 Å². The maximum atomic E-state index is 6.15. The lowest BCUT2D eigenvalue weighted by atomic mass is 10.1. The maximum Gasteiger partial charge on any atom is 0.227 e. The summed E-state index contributed by atoms with van der Waals surface area (Å²) in [6.07, 6.45) is 0.241. The second kappa shape index (κ2) is 8.44. The van der Waals surface area contributed by atoms with Crippen molar-refractivity contribution in [3.63, 3.8) is 0 Å². The van der Waals surface area contributed by atoms with Crippen molar-refractivity contribution >= 4 is 32.7 Å². The smallest absolute Gasteiger partial charge is 0.227 e. The zero-order valence-electron chi connectivity index (χ0n) is 16.8. The highest BCUT2D eigenvalue weighted by molar-refractivity contribution is 9.10. The van der Waals surface area contributed by atoms with Gasteiger partial charge in [-0.2, -0.15) is 0 Å². The van der Waals surface area contributed by atoms with Gasteiger partial charge in [-0.25, -0.2) is 4.98 Å². The van der Waals surface area contributed by atoms with Gasteiger partial charge >= 0.3 is 0 Å². The van der Waals surface area contributed by atoms with Crippen LogP contribution in [0, 0.1) is 0 Å². The molecule has 0 saturated carbocycles. The molecule has 29 heavy (non-hydrogen) atoms. The molecule has 0 unspecified atom stereocenters. The van der Waals surface area contributed by atoms with E-state index in [0.717, 1.165) is 33.3 Å². The molecule has 2 heterocycles. The molecule has 0 atom stereocenters. The van der Waals surface area contributed by atoms with Gasteiger partial charge in [0, 0.05) is 22.3 Å². The molecule has 0 radical (unpaired) electrons. The standard InChI is InChI=1S/C22H25BrN2O4/c1-14(2)26-9-8-24-17-6-4-15(5-7-17)21-25-19-13-16(23)12-18(20(19)29-21)22(3)27-10-11-28-22/h4-7,12-14,24H,8-11H2,1-3H3. The Morgan fingerprint density at radius 1 is 1.17 bits per heavy atom. The van der Waals surface area contributed by atoms with E-state index in [1.54, 1.807) is 0 Å². The van der Waals surface area contributed by atoms with Gasteiger partial charge in [0.2, 0.25) is 5.89 Å². The van der Waals surface area contributed by atoms with Gasteiger partial charge in [0.15, 0.2) is 11.4 Å². The number of nitrogens with zero attached hydrogens (tertiary/aromatic N) is 1. The molecule has 0 aliphatic carbocycles. The van der Waals surface area contributed by atoms with E-state index in [1.807, 2.05) is 57.2 Å². The Kier molecular flexibility index (Phi) is 5.92. The van der Waals surface area contributed by atoms with E-state index in [1.165, 1.54) is 0 Å². The Morgan fingerprint density at radius 3 is 2.59 bits per heavy atom. The summed E-state index contributed by atoms with van der Waals surface area (Å²) in [7, 11) is 0. The third-order valence-corrected chi connectivity index (χ3v) is 5.25. The summed E-state index contributed by atoms with van der Waals surface area (Å²) < 4.78 is 24.3. The molecule has 2 aromatic carbocycles. The fraction of sp³-hybridized carbons (Fsp3) is 0.409. The zero-order valence-corrected chi connectivity index (χ0v) is 18.4. The van der Waals surface area contributed by atoms with Gasteiger partial charge in [0.1, 0.15) is 5.52 Å². The number of anilines is 1. The molecular formula is C22H25BrN2O4. The molecule has 4 rings (SSSR count). The predicted molar refractivity (Wildman–Crippen MR) is 116 cm³/mol. The quantitative estimate of drug-likeness (QED) is 0.481. The minimum atomic E-state index is -0.829. The summed E-state index contributed by atoms with van der Waals surface area (Å²) in [6.45, 7) is 8.52. The maximum absolute atomic E-state index is 6.15. The highest BCUT2D eigenvalue weighted by atomic mass is 79.9. The molecule has 3 aromatic rings. The third kappa shape index (κ3) is 4.48. The van der Waals surface area contributed by atoms with E-state index in [2.05, 4.69) is 26.2 Å². The average Bonchev–Trinajstić information content (AvgIpc) is 3.32. The van der Waals surface area contributed by atoms with Gasteiger partial charge in [-0.15, -0.1) is 0 Å². The molecule has 1 N–H and O–H groups in total. The summed E-state index contributed by atoms with van der Waals surface area (Å²) in [5, 5.41) is 3.35. The van der Waals surface area contributed by atoms with Crippen LogP contribution in [0.4, 0.5) is 5.69 Å². The van der Waals surface area contributed by atoms with Crippen LogP contribution < -0.4 is 5.32 Å².